The lowest BCUT2D eigenvalue weighted by Gasteiger charge is -1.96. The number of benzene rings is 1. The minimum atomic E-state index is 0.729. The third kappa shape index (κ3) is 1.66. The molecule has 0 aliphatic carbocycles. The Hall–Kier alpha value is 0.740. The molecule has 1 aromatic carbocycles. The number of fused-ring (bicyclic) bond motifs is 1. The molecule has 1 N–H and O–H groups in total. The molecule has 0 atom stereocenters. The molecule has 68 valence electrons. The van der Waals surface area contributed by atoms with Crippen molar-refractivity contribution in [1.29, 1.82) is 0 Å². The molecular weight excluding hydrogens is 432 g/mol. The molecule has 0 bridgehead atoms. The van der Waals surface area contributed by atoms with Crippen molar-refractivity contribution >= 4 is 77.0 Å². The van der Waals surface area contributed by atoms with Crippen LogP contribution in [-0.2, 0) is 0 Å². The van der Waals surface area contributed by atoms with Crippen molar-refractivity contribution in [3.8, 4) is 0 Å². The fourth-order valence-corrected chi connectivity index (χ4v) is 2.65. The zero-order valence-electron chi connectivity index (χ0n) is 6.17. The second-order valence-corrected chi connectivity index (χ2v) is 5.66. The first-order valence-electron chi connectivity index (χ1n) is 3.42. The fourth-order valence-electron chi connectivity index (χ4n) is 1.14. The Morgan fingerprint density at radius 2 is 2.00 bits per heavy atom. The van der Waals surface area contributed by atoms with E-state index >= 15 is 0 Å². The van der Waals surface area contributed by atoms with Crippen molar-refractivity contribution in [3.63, 3.8) is 0 Å². The van der Waals surface area contributed by atoms with Gasteiger partial charge in [0.25, 0.3) is 0 Å². The standard InChI is InChI=1S/C8H3Br2ClIN/c9-5-4(12)2-1-3-6(11)8(10)13-7(3)5/h1-2,13H. The summed E-state index contributed by atoms with van der Waals surface area (Å²) in [6.07, 6.45) is 0. The van der Waals surface area contributed by atoms with E-state index in [0.717, 1.165) is 28.6 Å². The van der Waals surface area contributed by atoms with Crippen LogP contribution in [0, 0.1) is 3.57 Å². The summed E-state index contributed by atoms with van der Waals surface area (Å²) in [6.45, 7) is 0. The Kier molecular flexibility index (Phi) is 2.93. The van der Waals surface area contributed by atoms with Crippen LogP contribution in [0.25, 0.3) is 10.9 Å². The van der Waals surface area contributed by atoms with Crippen LogP contribution in [0.3, 0.4) is 0 Å². The maximum absolute atomic E-state index is 6.06. The Morgan fingerprint density at radius 3 is 2.69 bits per heavy atom. The highest BCUT2D eigenvalue weighted by Crippen LogP contribution is 2.36. The van der Waals surface area contributed by atoms with Gasteiger partial charge in [-0.2, -0.15) is 0 Å². The average molecular weight is 435 g/mol. The minimum Gasteiger partial charge on any atom is -0.347 e. The Labute approximate surface area is 111 Å². The molecule has 5 heteroatoms. The van der Waals surface area contributed by atoms with E-state index in [2.05, 4.69) is 59.4 Å². The van der Waals surface area contributed by atoms with Gasteiger partial charge < -0.3 is 4.98 Å². The van der Waals surface area contributed by atoms with E-state index in [4.69, 9.17) is 11.6 Å². The minimum absolute atomic E-state index is 0.729. The van der Waals surface area contributed by atoms with Gasteiger partial charge in [-0.05, 0) is 60.5 Å². The third-order valence-electron chi connectivity index (χ3n) is 1.76. The van der Waals surface area contributed by atoms with Crippen LogP contribution < -0.4 is 0 Å². The number of hydrogen-bond donors (Lipinski definition) is 1. The summed E-state index contributed by atoms with van der Waals surface area (Å²) in [6, 6.07) is 4.03. The van der Waals surface area contributed by atoms with Crippen molar-refractivity contribution < 1.29 is 0 Å². The zero-order valence-corrected chi connectivity index (χ0v) is 12.3. The number of aromatic nitrogens is 1. The number of nitrogens with one attached hydrogen (secondary N) is 1. The van der Waals surface area contributed by atoms with E-state index in [1.807, 2.05) is 12.1 Å². The summed E-state index contributed by atoms with van der Waals surface area (Å²) < 4.78 is 3.04. The Balaban J connectivity index is 2.94. The SMILES string of the molecule is Clc1c(Br)[nH]c2c(Br)c(I)ccc12. The van der Waals surface area contributed by atoms with Gasteiger partial charge in [-0.3, -0.25) is 0 Å². The summed E-state index contributed by atoms with van der Waals surface area (Å²) in [5.41, 5.74) is 1.03. The molecule has 1 heterocycles. The Bertz CT molecular complexity index is 480. The number of halogens is 4. The Morgan fingerprint density at radius 1 is 1.31 bits per heavy atom. The van der Waals surface area contributed by atoms with Crippen molar-refractivity contribution in [3.05, 3.63) is 29.8 Å². The van der Waals surface area contributed by atoms with Crippen LogP contribution in [-0.4, -0.2) is 4.98 Å². The second kappa shape index (κ2) is 3.72. The maximum atomic E-state index is 6.06. The number of aromatic amines is 1. The molecule has 0 saturated carbocycles. The summed E-state index contributed by atoms with van der Waals surface area (Å²) in [7, 11) is 0. The highest BCUT2D eigenvalue weighted by Gasteiger charge is 2.10. The molecule has 0 aliphatic heterocycles. The first kappa shape index (κ1) is 10.3. The fraction of sp³-hybridized carbons (Fsp3) is 0. The zero-order chi connectivity index (χ0) is 9.59. The predicted molar refractivity (Wildman–Crippen MR) is 71.4 cm³/mol. The van der Waals surface area contributed by atoms with E-state index < -0.39 is 0 Å². The van der Waals surface area contributed by atoms with Gasteiger partial charge >= 0.3 is 0 Å². The van der Waals surface area contributed by atoms with Gasteiger partial charge in [-0.25, -0.2) is 0 Å². The summed E-state index contributed by atoms with van der Waals surface area (Å²) in [5, 5.41) is 1.76. The second-order valence-electron chi connectivity index (χ2n) is 2.54. The predicted octanol–water partition coefficient (Wildman–Crippen LogP) is 4.95. The molecule has 0 radical (unpaired) electrons. The van der Waals surface area contributed by atoms with Crippen molar-refractivity contribution in [2.75, 3.05) is 0 Å². The van der Waals surface area contributed by atoms with Crippen LogP contribution >= 0.6 is 66.1 Å². The molecule has 0 fully saturated rings. The highest BCUT2D eigenvalue weighted by molar-refractivity contribution is 14.1. The van der Waals surface area contributed by atoms with Crippen LogP contribution in [0.15, 0.2) is 21.2 Å². The van der Waals surface area contributed by atoms with Crippen LogP contribution in [0.4, 0.5) is 0 Å². The van der Waals surface area contributed by atoms with Crippen molar-refractivity contribution in [2.24, 2.45) is 0 Å². The normalized spacial score (nSPS) is 11.1. The topological polar surface area (TPSA) is 15.8 Å². The van der Waals surface area contributed by atoms with Gasteiger partial charge in [-0.1, -0.05) is 17.7 Å². The molecule has 0 amide bonds. The maximum Gasteiger partial charge on any atom is 0.102 e. The quantitative estimate of drug-likeness (QED) is 0.564. The molecule has 0 aliphatic rings. The van der Waals surface area contributed by atoms with E-state index in [9.17, 15) is 0 Å². The van der Waals surface area contributed by atoms with E-state index in [0.29, 0.717) is 0 Å². The largest absolute Gasteiger partial charge is 0.347 e. The van der Waals surface area contributed by atoms with Gasteiger partial charge in [0.05, 0.1) is 15.0 Å². The molecule has 2 rings (SSSR count). The van der Waals surface area contributed by atoms with Gasteiger partial charge in [0.1, 0.15) is 4.60 Å². The molecule has 1 nitrogen and oxygen atoms in total. The molecule has 13 heavy (non-hydrogen) atoms. The lowest BCUT2D eigenvalue weighted by Crippen LogP contribution is -1.76. The monoisotopic (exact) mass is 433 g/mol. The number of hydrogen-bond acceptors (Lipinski definition) is 0. The first-order chi connectivity index (χ1) is 6.11. The summed E-state index contributed by atoms with van der Waals surface area (Å²) in [5.74, 6) is 0. The van der Waals surface area contributed by atoms with Crippen LogP contribution in [0.2, 0.25) is 5.02 Å². The van der Waals surface area contributed by atoms with Crippen LogP contribution in [0.1, 0.15) is 0 Å². The summed E-state index contributed by atoms with van der Waals surface area (Å²) >= 11 is 15.2. The van der Waals surface area contributed by atoms with Crippen molar-refractivity contribution in [1.82, 2.24) is 4.98 Å². The molecule has 0 unspecified atom stereocenters. The van der Waals surface area contributed by atoms with Crippen LogP contribution in [0.5, 0.6) is 0 Å². The molecule has 2 aromatic rings. The average Bonchev–Trinajstić information content (AvgIpc) is 2.38. The smallest absolute Gasteiger partial charge is 0.102 e. The molecular formula is C8H3Br2ClIN. The van der Waals surface area contributed by atoms with E-state index in [1.54, 1.807) is 0 Å². The van der Waals surface area contributed by atoms with Gasteiger partial charge in [0, 0.05) is 8.96 Å². The number of H-pyrrole nitrogens is 1. The lowest BCUT2D eigenvalue weighted by atomic mass is 10.2. The van der Waals surface area contributed by atoms with E-state index in [1.165, 1.54) is 0 Å². The lowest BCUT2D eigenvalue weighted by molar-refractivity contribution is 1.40. The molecule has 0 saturated heterocycles. The van der Waals surface area contributed by atoms with Gasteiger partial charge in [0.2, 0.25) is 0 Å². The van der Waals surface area contributed by atoms with Gasteiger partial charge in [0.15, 0.2) is 0 Å². The van der Waals surface area contributed by atoms with Gasteiger partial charge in [-0.15, -0.1) is 0 Å². The summed E-state index contributed by atoms with van der Waals surface area (Å²) in [4.78, 5) is 3.17. The third-order valence-corrected chi connectivity index (χ3v) is 5.44. The first-order valence-corrected chi connectivity index (χ1v) is 6.46. The highest BCUT2D eigenvalue weighted by atomic mass is 127. The molecule has 1 aromatic heterocycles. The number of rotatable bonds is 0. The van der Waals surface area contributed by atoms with E-state index in [-0.39, 0.29) is 0 Å². The van der Waals surface area contributed by atoms with Crippen molar-refractivity contribution in [2.45, 2.75) is 0 Å². The molecule has 0 spiro atoms.